The first-order valence-corrected chi connectivity index (χ1v) is 8.41. The van der Waals surface area contributed by atoms with Gasteiger partial charge in [0.1, 0.15) is 0 Å². The molecule has 0 spiro atoms. The molecule has 1 saturated heterocycles. The van der Waals surface area contributed by atoms with E-state index in [0.29, 0.717) is 11.3 Å². The summed E-state index contributed by atoms with van der Waals surface area (Å²) in [7, 11) is 1.34. The Morgan fingerprint density at radius 3 is 2.40 bits per heavy atom. The van der Waals surface area contributed by atoms with Crippen LogP contribution in [-0.4, -0.2) is 30.6 Å². The largest absolute Gasteiger partial charge is 0.465 e. The van der Waals surface area contributed by atoms with Crippen LogP contribution in [0.5, 0.6) is 0 Å². The van der Waals surface area contributed by atoms with Crippen LogP contribution in [0.4, 0.5) is 10.5 Å². The highest BCUT2D eigenvalue weighted by Gasteiger charge is 2.29. The van der Waals surface area contributed by atoms with Gasteiger partial charge in [-0.05, 0) is 49.6 Å². The average Bonchev–Trinajstić information content (AvgIpc) is 3.12. The zero-order chi connectivity index (χ0) is 17.8. The van der Waals surface area contributed by atoms with Crippen LogP contribution in [0.25, 0.3) is 0 Å². The minimum absolute atomic E-state index is 0.106. The lowest BCUT2D eigenvalue weighted by Crippen LogP contribution is -2.34. The summed E-state index contributed by atoms with van der Waals surface area (Å²) in [6.07, 6.45) is 1.96. The second-order valence-electron chi connectivity index (χ2n) is 6.26. The first-order chi connectivity index (χ1) is 12.1. The number of likely N-dealkylation sites (tertiary alicyclic amines) is 1. The van der Waals surface area contributed by atoms with Gasteiger partial charge in [0.15, 0.2) is 0 Å². The van der Waals surface area contributed by atoms with E-state index >= 15 is 0 Å². The van der Waals surface area contributed by atoms with E-state index < -0.39 is 5.97 Å². The van der Waals surface area contributed by atoms with Gasteiger partial charge >= 0.3 is 12.0 Å². The maximum atomic E-state index is 12.7. The quantitative estimate of drug-likeness (QED) is 0.855. The van der Waals surface area contributed by atoms with E-state index in [1.54, 1.807) is 24.3 Å². The minimum atomic E-state index is -0.392. The van der Waals surface area contributed by atoms with E-state index in [4.69, 9.17) is 0 Å². The fourth-order valence-corrected chi connectivity index (χ4v) is 3.15. The van der Waals surface area contributed by atoms with Crippen LogP contribution in [0.1, 0.15) is 40.4 Å². The second-order valence-corrected chi connectivity index (χ2v) is 6.26. The summed E-state index contributed by atoms with van der Waals surface area (Å²) in [5.41, 5.74) is 3.49. The van der Waals surface area contributed by atoms with Crippen LogP contribution < -0.4 is 5.32 Å². The molecule has 1 aliphatic rings. The number of nitrogens with zero attached hydrogens (tertiary/aromatic N) is 1. The van der Waals surface area contributed by atoms with Gasteiger partial charge in [0.2, 0.25) is 0 Å². The molecule has 1 heterocycles. The van der Waals surface area contributed by atoms with Crippen LogP contribution in [-0.2, 0) is 4.74 Å². The fraction of sp³-hybridized carbons (Fsp3) is 0.300. The van der Waals surface area contributed by atoms with Gasteiger partial charge in [0.25, 0.3) is 0 Å². The van der Waals surface area contributed by atoms with E-state index in [9.17, 15) is 9.59 Å². The van der Waals surface area contributed by atoms with Crippen LogP contribution in [0.3, 0.4) is 0 Å². The first-order valence-electron chi connectivity index (χ1n) is 8.41. The zero-order valence-electron chi connectivity index (χ0n) is 14.5. The van der Waals surface area contributed by atoms with Crippen molar-refractivity contribution in [1.29, 1.82) is 0 Å². The number of hydrogen-bond acceptors (Lipinski definition) is 3. The molecule has 0 aromatic heterocycles. The molecule has 0 radical (unpaired) electrons. The minimum Gasteiger partial charge on any atom is -0.465 e. The Kier molecular flexibility index (Phi) is 5.03. The Bertz CT molecular complexity index is 754. The van der Waals surface area contributed by atoms with Gasteiger partial charge in [-0.15, -0.1) is 0 Å². The molecule has 3 rings (SSSR count). The molecular weight excluding hydrogens is 316 g/mol. The van der Waals surface area contributed by atoms with E-state index in [0.717, 1.165) is 19.4 Å². The summed E-state index contributed by atoms with van der Waals surface area (Å²) in [5, 5.41) is 2.91. The van der Waals surface area contributed by atoms with Crippen LogP contribution in [0, 0.1) is 6.92 Å². The summed E-state index contributed by atoms with van der Waals surface area (Å²) in [5.74, 6) is -0.392. The fourth-order valence-electron chi connectivity index (χ4n) is 3.15. The molecule has 2 aromatic rings. The van der Waals surface area contributed by atoms with Crippen LogP contribution in [0.2, 0.25) is 0 Å². The number of amides is 2. The van der Waals surface area contributed by atoms with Gasteiger partial charge in [-0.25, -0.2) is 9.59 Å². The normalized spacial score (nSPS) is 16.6. The average molecular weight is 338 g/mol. The molecule has 130 valence electrons. The Morgan fingerprint density at radius 1 is 1.08 bits per heavy atom. The summed E-state index contributed by atoms with van der Waals surface area (Å²) in [6, 6.07) is 15.0. The molecular formula is C20H22N2O3. The number of esters is 1. The van der Waals surface area contributed by atoms with E-state index in [1.165, 1.54) is 18.2 Å². The molecule has 1 aliphatic heterocycles. The van der Waals surface area contributed by atoms with Gasteiger partial charge in [-0.1, -0.05) is 29.8 Å². The Balaban J connectivity index is 1.69. The molecule has 1 atom stereocenters. The lowest BCUT2D eigenvalue weighted by molar-refractivity contribution is 0.0600. The van der Waals surface area contributed by atoms with Crippen LogP contribution >= 0.6 is 0 Å². The van der Waals surface area contributed by atoms with Crippen molar-refractivity contribution in [3.8, 4) is 0 Å². The molecule has 1 fully saturated rings. The predicted molar refractivity (Wildman–Crippen MR) is 96.7 cm³/mol. The van der Waals surface area contributed by atoms with Gasteiger partial charge in [0, 0.05) is 12.2 Å². The van der Waals surface area contributed by atoms with E-state index in [1.807, 2.05) is 4.90 Å². The number of rotatable bonds is 3. The highest BCUT2D eigenvalue weighted by Crippen LogP contribution is 2.32. The molecule has 1 N–H and O–H groups in total. The SMILES string of the molecule is COC(=O)c1ccc(NC(=O)N2CCC[C@@H]2c2ccc(C)cc2)cc1. The lowest BCUT2D eigenvalue weighted by atomic mass is 10.0. The summed E-state index contributed by atoms with van der Waals surface area (Å²) in [4.78, 5) is 26.0. The van der Waals surface area contributed by atoms with Gasteiger partial charge in [-0.2, -0.15) is 0 Å². The van der Waals surface area contributed by atoms with Crippen molar-refractivity contribution in [1.82, 2.24) is 4.90 Å². The molecule has 0 saturated carbocycles. The van der Waals surface area contributed by atoms with Crippen molar-refractivity contribution in [2.45, 2.75) is 25.8 Å². The lowest BCUT2D eigenvalue weighted by Gasteiger charge is -2.25. The molecule has 0 aliphatic carbocycles. The topological polar surface area (TPSA) is 58.6 Å². The highest BCUT2D eigenvalue weighted by molar-refractivity contribution is 5.92. The van der Waals surface area contributed by atoms with Crippen molar-refractivity contribution in [3.63, 3.8) is 0 Å². The number of aryl methyl sites for hydroxylation is 1. The number of benzene rings is 2. The maximum absolute atomic E-state index is 12.7. The first kappa shape index (κ1) is 17.0. The van der Waals surface area contributed by atoms with Crippen molar-refractivity contribution in [3.05, 3.63) is 65.2 Å². The summed E-state index contributed by atoms with van der Waals surface area (Å²) in [6.45, 7) is 2.80. The Hall–Kier alpha value is -2.82. The third-order valence-electron chi connectivity index (χ3n) is 4.53. The monoisotopic (exact) mass is 338 g/mol. The highest BCUT2D eigenvalue weighted by atomic mass is 16.5. The smallest absolute Gasteiger partial charge is 0.337 e. The molecule has 5 nitrogen and oxygen atoms in total. The second kappa shape index (κ2) is 7.38. The number of carbonyl (C=O) groups excluding carboxylic acids is 2. The van der Waals surface area contributed by atoms with E-state index in [-0.39, 0.29) is 12.1 Å². The maximum Gasteiger partial charge on any atom is 0.337 e. The number of anilines is 1. The van der Waals surface area contributed by atoms with Gasteiger partial charge in [0.05, 0.1) is 18.7 Å². The number of methoxy groups -OCH3 is 1. The van der Waals surface area contributed by atoms with Crippen molar-refractivity contribution in [2.24, 2.45) is 0 Å². The number of nitrogens with one attached hydrogen (secondary N) is 1. The number of ether oxygens (including phenoxy) is 1. The molecule has 2 aromatic carbocycles. The third-order valence-corrected chi connectivity index (χ3v) is 4.53. The van der Waals surface area contributed by atoms with E-state index in [2.05, 4.69) is 41.2 Å². The molecule has 5 heteroatoms. The standard InChI is InChI=1S/C20H22N2O3/c1-14-5-7-15(8-6-14)18-4-3-13-22(18)20(24)21-17-11-9-16(10-12-17)19(23)25-2/h5-12,18H,3-4,13H2,1-2H3,(H,21,24)/t18-/m1/s1. The number of carbonyl (C=O) groups is 2. The Labute approximate surface area is 147 Å². The molecule has 2 amide bonds. The van der Waals surface area contributed by atoms with Crippen molar-refractivity contribution < 1.29 is 14.3 Å². The van der Waals surface area contributed by atoms with Crippen molar-refractivity contribution >= 4 is 17.7 Å². The van der Waals surface area contributed by atoms with Crippen LogP contribution in [0.15, 0.2) is 48.5 Å². The third kappa shape index (κ3) is 3.82. The molecule has 0 unspecified atom stereocenters. The van der Waals surface area contributed by atoms with Gasteiger partial charge < -0.3 is 15.0 Å². The van der Waals surface area contributed by atoms with Crippen molar-refractivity contribution in [2.75, 3.05) is 19.0 Å². The summed E-state index contributed by atoms with van der Waals surface area (Å²) < 4.78 is 4.68. The summed E-state index contributed by atoms with van der Waals surface area (Å²) >= 11 is 0. The molecule has 25 heavy (non-hydrogen) atoms. The number of hydrogen-bond donors (Lipinski definition) is 1. The molecule has 0 bridgehead atoms. The number of urea groups is 1. The Morgan fingerprint density at radius 2 is 1.76 bits per heavy atom. The zero-order valence-corrected chi connectivity index (χ0v) is 14.5. The van der Waals surface area contributed by atoms with Gasteiger partial charge in [-0.3, -0.25) is 0 Å². The predicted octanol–water partition coefficient (Wildman–Crippen LogP) is 4.15.